The van der Waals surface area contributed by atoms with Gasteiger partial charge in [-0.05, 0) is 12.5 Å². The minimum Gasteiger partial charge on any atom is -0.379 e. The maximum absolute atomic E-state index is 11.2. The van der Waals surface area contributed by atoms with E-state index in [-0.39, 0.29) is 18.7 Å². The van der Waals surface area contributed by atoms with Gasteiger partial charge in [-0.1, -0.05) is 0 Å². The molecule has 25 heavy (non-hydrogen) atoms. The highest BCUT2D eigenvalue weighted by molar-refractivity contribution is 7.60. The lowest BCUT2D eigenvalue weighted by molar-refractivity contribution is -0.393. The van der Waals surface area contributed by atoms with Crippen LogP contribution >= 0.6 is 15.6 Å². The molecule has 4 N–H and O–H groups in total. The van der Waals surface area contributed by atoms with E-state index < -0.39 is 43.5 Å². The van der Waals surface area contributed by atoms with Crippen molar-refractivity contribution in [2.45, 2.75) is 6.42 Å². The number of anilines is 1. The van der Waals surface area contributed by atoms with Crippen LogP contribution in [0.3, 0.4) is 0 Å². The third-order valence-electron chi connectivity index (χ3n) is 2.49. The summed E-state index contributed by atoms with van der Waals surface area (Å²) in [5.74, 6) is 0. The number of hydrogen-bond donors (Lipinski definition) is 4. The molecule has 0 aliphatic carbocycles. The zero-order chi connectivity index (χ0) is 19.3. The van der Waals surface area contributed by atoms with Crippen molar-refractivity contribution in [3.05, 3.63) is 38.4 Å². The second kappa shape index (κ2) is 8.45. The molecule has 0 aromatic heterocycles. The van der Waals surface area contributed by atoms with E-state index in [0.717, 1.165) is 18.2 Å². The van der Waals surface area contributed by atoms with Crippen LogP contribution in [0, 0.1) is 20.2 Å². The molecular formula is C9H13N3O11P2. The van der Waals surface area contributed by atoms with Crippen molar-refractivity contribution in [3.63, 3.8) is 0 Å². The van der Waals surface area contributed by atoms with Crippen LogP contribution in [0.5, 0.6) is 0 Å². The van der Waals surface area contributed by atoms with Crippen LogP contribution in [0.2, 0.25) is 0 Å². The van der Waals surface area contributed by atoms with Gasteiger partial charge in [-0.15, -0.1) is 0 Å². The average molecular weight is 401 g/mol. The number of benzene rings is 1. The van der Waals surface area contributed by atoms with E-state index in [4.69, 9.17) is 14.7 Å². The minimum absolute atomic E-state index is 0.00319. The molecular weight excluding hydrogens is 388 g/mol. The van der Waals surface area contributed by atoms with E-state index in [2.05, 4.69) is 14.2 Å². The summed E-state index contributed by atoms with van der Waals surface area (Å²) in [6, 6.07) is 2.96. The molecule has 0 aliphatic heterocycles. The number of phosphoric acid groups is 2. The normalized spacial score (nSPS) is 13.9. The monoisotopic (exact) mass is 401 g/mol. The lowest BCUT2D eigenvalue weighted by Gasteiger charge is -2.12. The van der Waals surface area contributed by atoms with Gasteiger partial charge in [0.2, 0.25) is 0 Å². The second-order valence-electron chi connectivity index (χ2n) is 4.37. The molecule has 140 valence electrons. The van der Waals surface area contributed by atoms with Crippen LogP contribution < -0.4 is 5.32 Å². The Hall–Kier alpha value is -1.92. The number of nitrogens with one attached hydrogen (secondary N) is 1. The maximum Gasteiger partial charge on any atom is 0.481 e. The third kappa shape index (κ3) is 7.67. The molecule has 0 amide bonds. The maximum atomic E-state index is 11.2. The Morgan fingerprint density at radius 2 is 1.76 bits per heavy atom. The predicted octanol–water partition coefficient (Wildman–Crippen LogP) is 1.53. The summed E-state index contributed by atoms with van der Waals surface area (Å²) < 4.78 is 29.4. The van der Waals surface area contributed by atoms with Crippen molar-refractivity contribution in [3.8, 4) is 0 Å². The standard InChI is InChI=1S/C9H13N3O11P2/c13-11(14)7-2-3-8(9(6-7)12(15)16)10-4-1-5-22-25(20,21)23-24(17,18)19/h2-3,6,10H,1,4-5H2,(H,20,21)(H2,17,18,19). The van der Waals surface area contributed by atoms with Gasteiger partial charge in [0.25, 0.3) is 11.4 Å². The van der Waals surface area contributed by atoms with Gasteiger partial charge in [0, 0.05) is 12.6 Å². The summed E-state index contributed by atoms with van der Waals surface area (Å²) >= 11 is 0. The number of nitro benzene ring substituents is 2. The first-order chi connectivity index (χ1) is 11.4. The van der Waals surface area contributed by atoms with E-state index in [1.807, 2.05) is 0 Å². The highest BCUT2D eigenvalue weighted by Gasteiger charge is 2.32. The highest BCUT2D eigenvalue weighted by Crippen LogP contribution is 2.57. The molecule has 0 radical (unpaired) electrons. The predicted molar refractivity (Wildman–Crippen MR) is 81.8 cm³/mol. The Labute approximate surface area is 139 Å². The molecule has 14 nitrogen and oxygen atoms in total. The molecule has 1 aromatic rings. The number of hydrogen-bond acceptors (Lipinski definition) is 9. The zero-order valence-corrected chi connectivity index (χ0v) is 14.0. The van der Waals surface area contributed by atoms with Crippen molar-refractivity contribution in [1.29, 1.82) is 0 Å². The summed E-state index contributed by atoms with van der Waals surface area (Å²) in [4.78, 5) is 45.7. The molecule has 0 bridgehead atoms. The van der Waals surface area contributed by atoms with Gasteiger partial charge < -0.3 is 20.0 Å². The molecule has 0 spiro atoms. The number of non-ortho nitro benzene ring substituents is 1. The molecule has 1 rings (SSSR count). The SMILES string of the molecule is O=[N+]([O-])c1ccc(NCCCOP(=O)(O)OP(=O)(O)O)c([N+](=O)[O-])c1. The number of nitro groups is 2. The van der Waals surface area contributed by atoms with E-state index in [0.29, 0.717) is 0 Å². The van der Waals surface area contributed by atoms with Crippen LogP contribution in [-0.4, -0.2) is 37.7 Å². The highest BCUT2D eigenvalue weighted by atomic mass is 31.3. The van der Waals surface area contributed by atoms with Gasteiger partial charge in [0.15, 0.2) is 0 Å². The molecule has 0 heterocycles. The number of phosphoric ester groups is 1. The Morgan fingerprint density at radius 1 is 1.12 bits per heavy atom. The van der Waals surface area contributed by atoms with E-state index >= 15 is 0 Å². The largest absolute Gasteiger partial charge is 0.481 e. The molecule has 1 unspecified atom stereocenters. The van der Waals surface area contributed by atoms with Crippen LogP contribution in [0.25, 0.3) is 0 Å². The fourth-order valence-corrected chi connectivity index (χ4v) is 3.19. The first kappa shape index (κ1) is 21.1. The summed E-state index contributed by atoms with van der Waals surface area (Å²) in [6.07, 6.45) is 0.00319. The molecule has 16 heteroatoms. The summed E-state index contributed by atoms with van der Waals surface area (Å²) in [5, 5.41) is 24.1. The fourth-order valence-electron chi connectivity index (χ4n) is 1.57. The number of nitrogens with zero attached hydrogens (tertiary/aromatic N) is 2. The lowest BCUT2D eigenvalue weighted by Crippen LogP contribution is -2.07. The van der Waals surface area contributed by atoms with Gasteiger partial charge in [0.05, 0.1) is 22.5 Å². The zero-order valence-electron chi connectivity index (χ0n) is 12.2. The van der Waals surface area contributed by atoms with E-state index in [9.17, 15) is 29.4 Å². The Bertz CT molecular complexity index is 748. The van der Waals surface area contributed by atoms with Gasteiger partial charge in [-0.3, -0.25) is 24.8 Å². The Balaban J connectivity index is 2.57. The fraction of sp³-hybridized carbons (Fsp3) is 0.333. The minimum atomic E-state index is -5.20. The van der Waals surface area contributed by atoms with Gasteiger partial charge in [0.1, 0.15) is 5.69 Å². The summed E-state index contributed by atoms with van der Waals surface area (Å²) in [6.45, 7) is -0.462. The molecule has 1 atom stereocenters. The van der Waals surface area contributed by atoms with Crippen molar-refractivity contribution in [2.24, 2.45) is 0 Å². The van der Waals surface area contributed by atoms with Crippen LogP contribution in [-0.2, 0) is 18.0 Å². The van der Waals surface area contributed by atoms with E-state index in [1.54, 1.807) is 0 Å². The van der Waals surface area contributed by atoms with Crippen LogP contribution in [0.1, 0.15) is 6.42 Å². The van der Waals surface area contributed by atoms with Crippen LogP contribution in [0.4, 0.5) is 17.1 Å². The topological polar surface area (TPSA) is 212 Å². The second-order valence-corrected chi connectivity index (χ2v) is 7.20. The van der Waals surface area contributed by atoms with Crippen molar-refractivity contribution in [1.82, 2.24) is 0 Å². The van der Waals surface area contributed by atoms with Gasteiger partial charge in [-0.25, -0.2) is 9.13 Å². The molecule has 1 aromatic carbocycles. The van der Waals surface area contributed by atoms with Crippen molar-refractivity contribution in [2.75, 3.05) is 18.5 Å². The first-order valence-electron chi connectivity index (χ1n) is 6.32. The molecule has 0 saturated carbocycles. The Morgan fingerprint density at radius 3 is 2.28 bits per heavy atom. The molecule has 0 saturated heterocycles. The lowest BCUT2D eigenvalue weighted by atomic mass is 10.2. The van der Waals surface area contributed by atoms with Crippen molar-refractivity contribution < 1.29 is 42.5 Å². The van der Waals surface area contributed by atoms with E-state index in [1.165, 1.54) is 0 Å². The summed E-state index contributed by atoms with van der Waals surface area (Å²) in [7, 11) is -10.1. The molecule has 0 fully saturated rings. The first-order valence-corrected chi connectivity index (χ1v) is 9.35. The quantitative estimate of drug-likeness (QED) is 0.190. The van der Waals surface area contributed by atoms with Gasteiger partial charge >= 0.3 is 15.6 Å². The van der Waals surface area contributed by atoms with Gasteiger partial charge in [-0.2, -0.15) is 4.31 Å². The van der Waals surface area contributed by atoms with Crippen LogP contribution in [0.15, 0.2) is 18.2 Å². The molecule has 0 aliphatic rings. The average Bonchev–Trinajstić information content (AvgIpc) is 2.43. The summed E-state index contributed by atoms with van der Waals surface area (Å²) in [5.41, 5.74) is -1.02. The smallest absolute Gasteiger partial charge is 0.379 e. The third-order valence-corrected chi connectivity index (χ3v) is 4.67. The van der Waals surface area contributed by atoms with Crippen molar-refractivity contribution >= 4 is 32.7 Å². The number of rotatable bonds is 10. The Kier molecular flexibility index (Phi) is 7.14.